The zero-order chi connectivity index (χ0) is 19.5. The highest BCUT2D eigenvalue weighted by Gasteiger charge is 2.27. The molecule has 0 aliphatic heterocycles. The third kappa shape index (κ3) is 5.16. The highest BCUT2D eigenvalue weighted by Crippen LogP contribution is 2.28. The van der Waals surface area contributed by atoms with E-state index < -0.39 is 0 Å². The predicted octanol–water partition coefficient (Wildman–Crippen LogP) is 5.42. The van der Waals surface area contributed by atoms with Crippen LogP contribution in [0.5, 0.6) is 0 Å². The Balaban J connectivity index is 2.34. The minimum Gasteiger partial charge on any atom is -0.383 e. The lowest BCUT2D eigenvalue weighted by atomic mass is 9.88. The smallest absolute Gasteiger partial charge is 0.230 e. The molecule has 1 heterocycles. The Hall–Kier alpha value is -2.17. The average Bonchev–Trinajstić information content (AvgIpc) is 2.55. The second-order valence-electron chi connectivity index (χ2n) is 8.80. The first kappa shape index (κ1) is 20.1. The Labute approximate surface area is 158 Å². The number of rotatable bonds is 6. The number of hydrogen-bond acceptors (Lipinski definition) is 5. The molecule has 5 heteroatoms. The van der Waals surface area contributed by atoms with Gasteiger partial charge >= 0.3 is 0 Å². The van der Waals surface area contributed by atoms with E-state index in [9.17, 15) is 0 Å². The molecule has 2 rings (SSSR count). The van der Waals surface area contributed by atoms with Crippen LogP contribution < -0.4 is 10.6 Å². The lowest BCUT2D eigenvalue weighted by Crippen LogP contribution is -2.25. The fourth-order valence-corrected chi connectivity index (χ4v) is 2.34. The fourth-order valence-electron chi connectivity index (χ4n) is 2.34. The van der Waals surface area contributed by atoms with Gasteiger partial charge in [-0.1, -0.05) is 41.5 Å². The van der Waals surface area contributed by atoms with Crippen molar-refractivity contribution in [2.75, 3.05) is 10.6 Å². The summed E-state index contributed by atoms with van der Waals surface area (Å²) in [5.74, 6) is 2.25. The van der Waals surface area contributed by atoms with Gasteiger partial charge in [0.05, 0.1) is 0 Å². The van der Waals surface area contributed by atoms with E-state index in [0.717, 1.165) is 29.4 Å². The summed E-state index contributed by atoms with van der Waals surface area (Å²) in [6.07, 6.45) is 0.968. The SMILES string of the molecule is CCC(C)(C)c1nc(Nc2ccc(NC(C)C)cc2)nc(C(C)(C)C)n1. The van der Waals surface area contributed by atoms with Crippen molar-refractivity contribution >= 4 is 17.3 Å². The van der Waals surface area contributed by atoms with Gasteiger partial charge in [-0.2, -0.15) is 9.97 Å². The van der Waals surface area contributed by atoms with Crippen molar-refractivity contribution in [1.82, 2.24) is 15.0 Å². The number of anilines is 3. The highest BCUT2D eigenvalue weighted by atomic mass is 15.2. The minimum absolute atomic E-state index is 0.0928. The Morgan fingerprint density at radius 2 is 1.38 bits per heavy atom. The Morgan fingerprint density at radius 1 is 0.846 bits per heavy atom. The number of benzene rings is 1. The second kappa shape index (κ2) is 7.60. The van der Waals surface area contributed by atoms with Gasteiger partial charge in [-0.05, 0) is 44.5 Å². The van der Waals surface area contributed by atoms with Gasteiger partial charge in [0, 0.05) is 28.2 Å². The number of aromatic nitrogens is 3. The van der Waals surface area contributed by atoms with Gasteiger partial charge in [0.1, 0.15) is 11.6 Å². The van der Waals surface area contributed by atoms with Gasteiger partial charge in [0.25, 0.3) is 0 Å². The van der Waals surface area contributed by atoms with Crippen molar-refractivity contribution in [3.05, 3.63) is 35.9 Å². The molecule has 2 aromatic rings. The van der Waals surface area contributed by atoms with Gasteiger partial charge in [-0.15, -0.1) is 0 Å². The molecule has 0 aliphatic rings. The lowest BCUT2D eigenvalue weighted by Gasteiger charge is -2.25. The van der Waals surface area contributed by atoms with Crippen LogP contribution in [0.3, 0.4) is 0 Å². The van der Waals surface area contributed by atoms with Gasteiger partial charge in [0.2, 0.25) is 5.95 Å². The molecule has 5 nitrogen and oxygen atoms in total. The van der Waals surface area contributed by atoms with E-state index in [4.69, 9.17) is 9.97 Å². The topological polar surface area (TPSA) is 62.7 Å². The monoisotopic (exact) mass is 355 g/mol. The van der Waals surface area contributed by atoms with Crippen molar-refractivity contribution in [3.8, 4) is 0 Å². The summed E-state index contributed by atoms with van der Waals surface area (Å²) >= 11 is 0. The first-order chi connectivity index (χ1) is 12.0. The lowest BCUT2D eigenvalue weighted by molar-refractivity contribution is 0.453. The molecule has 1 aromatic carbocycles. The molecule has 0 amide bonds. The fraction of sp³-hybridized carbons (Fsp3) is 0.571. The molecule has 142 valence electrons. The van der Waals surface area contributed by atoms with Gasteiger partial charge in [-0.25, -0.2) is 4.98 Å². The van der Waals surface area contributed by atoms with E-state index in [2.05, 4.69) is 83.1 Å². The maximum absolute atomic E-state index is 4.76. The predicted molar refractivity (Wildman–Crippen MR) is 110 cm³/mol. The summed E-state index contributed by atoms with van der Waals surface area (Å²) in [5.41, 5.74) is 1.84. The molecule has 0 saturated carbocycles. The largest absolute Gasteiger partial charge is 0.383 e. The number of hydrogen-bond donors (Lipinski definition) is 2. The molecule has 0 saturated heterocycles. The maximum atomic E-state index is 4.76. The van der Waals surface area contributed by atoms with Crippen LogP contribution in [0, 0.1) is 0 Å². The second-order valence-corrected chi connectivity index (χ2v) is 8.80. The summed E-state index contributed by atoms with van der Waals surface area (Å²) in [5, 5.41) is 6.74. The van der Waals surface area contributed by atoms with Crippen molar-refractivity contribution in [3.63, 3.8) is 0 Å². The van der Waals surface area contributed by atoms with E-state index in [-0.39, 0.29) is 10.8 Å². The van der Waals surface area contributed by atoms with Crippen LogP contribution in [0.15, 0.2) is 24.3 Å². The van der Waals surface area contributed by atoms with Crippen LogP contribution in [-0.2, 0) is 10.8 Å². The summed E-state index contributed by atoms with van der Waals surface area (Å²) in [7, 11) is 0. The third-order valence-corrected chi connectivity index (χ3v) is 4.39. The van der Waals surface area contributed by atoms with E-state index in [0.29, 0.717) is 12.0 Å². The number of nitrogens with one attached hydrogen (secondary N) is 2. The molecule has 0 radical (unpaired) electrons. The molecule has 0 aliphatic carbocycles. The third-order valence-electron chi connectivity index (χ3n) is 4.39. The van der Waals surface area contributed by atoms with E-state index >= 15 is 0 Å². The zero-order valence-corrected chi connectivity index (χ0v) is 17.4. The molecule has 1 aromatic heterocycles. The molecule has 0 atom stereocenters. The summed E-state index contributed by atoms with van der Waals surface area (Å²) in [4.78, 5) is 14.1. The molecule has 0 fully saturated rings. The maximum Gasteiger partial charge on any atom is 0.230 e. The molecular weight excluding hydrogens is 322 g/mol. The van der Waals surface area contributed by atoms with Crippen molar-refractivity contribution in [1.29, 1.82) is 0 Å². The zero-order valence-electron chi connectivity index (χ0n) is 17.4. The Bertz CT molecular complexity index is 727. The van der Waals surface area contributed by atoms with Crippen LogP contribution in [0.2, 0.25) is 0 Å². The van der Waals surface area contributed by atoms with Crippen molar-refractivity contribution in [2.45, 2.75) is 78.7 Å². The van der Waals surface area contributed by atoms with Gasteiger partial charge < -0.3 is 10.6 Å². The normalized spacial score (nSPS) is 12.3. The molecule has 0 unspecified atom stereocenters. The molecule has 0 bridgehead atoms. The molecular formula is C21H33N5. The van der Waals surface area contributed by atoms with Crippen LogP contribution >= 0.6 is 0 Å². The van der Waals surface area contributed by atoms with Gasteiger partial charge in [0.15, 0.2) is 0 Å². The number of nitrogens with zero attached hydrogens (tertiary/aromatic N) is 3. The van der Waals surface area contributed by atoms with E-state index in [1.165, 1.54) is 0 Å². The van der Waals surface area contributed by atoms with Crippen LogP contribution in [0.4, 0.5) is 17.3 Å². The Morgan fingerprint density at radius 3 is 1.88 bits per heavy atom. The van der Waals surface area contributed by atoms with Crippen molar-refractivity contribution < 1.29 is 0 Å². The first-order valence-corrected chi connectivity index (χ1v) is 9.42. The van der Waals surface area contributed by atoms with E-state index in [1.54, 1.807) is 0 Å². The Kier molecular flexibility index (Phi) is 5.89. The standard InChI is InChI=1S/C21H33N5/c1-9-21(7,8)18-24-17(20(4,5)6)25-19(26-18)23-16-12-10-15(11-13-16)22-14(2)3/h10-14,22H,9H2,1-8H3,(H,23,24,25,26). The average molecular weight is 356 g/mol. The van der Waals surface area contributed by atoms with Crippen molar-refractivity contribution in [2.24, 2.45) is 0 Å². The summed E-state index contributed by atoms with van der Waals surface area (Å²) < 4.78 is 0. The van der Waals surface area contributed by atoms with Crippen LogP contribution in [0.1, 0.15) is 73.5 Å². The molecule has 0 spiro atoms. The van der Waals surface area contributed by atoms with Crippen LogP contribution in [0.25, 0.3) is 0 Å². The minimum atomic E-state index is -0.136. The first-order valence-electron chi connectivity index (χ1n) is 9.42. The highest BCUT2D eigenvalue weighted by molar-refractivity contribution is 5.58. The molecule has 2 N–H and O–H groups in total. The summed E-state index contributed by atoms with van der Waals surface area (Å²) in [6.45, 7) is 17.1. The van der Waals surface area contributed by atoms with E-state index in [1.807, 2.05) is 12.1 Å². The quantitative estimate of drug-likeness (QED) is 0.724. The summed E-state index contributed by atoms with van der Waals surface area (Å²) in [6, 6.07) is 8.60. The van der Waals surface area contributed by atoms with Crippen LogP contribution in [-0.4, -0.2) is 21.0 Å². The molecule has 26 heavy (non-hydrogen) atoms. The van der Waals surface area contributed by atoms with Gasteiger partial charge in [-0.3, -0.25) is 0 Å².